The van der Waals surface area contributed by atoms with Crippen LogP contribution in [0.4, 0.5) is 0 Å². The van der Waals surface area contributed by atoms with Crippen LogP contribution in [-0.4, -0.2) is 22.4 Å². The topological polar surface area (TPSA) is 52.1 Å². The van der Waals surface area contributed by atoms with Crippen molar-refractivity contribution < 1.29 is 9.53 Å². The van der Waals surface area contributed by atoms with E-state index in [4.69, 9.17) is 4.74 Å². The van der Waals surface area contributed by atoms with Gasteiger partial charge < -0.3 is 4.74 Å². The standard InChI is InChI=1S/C15H16N2O2/c1-2-7-19-14-9-13(10-17-11-14)15(18)8-12-3-5-16-6-4-12/h3-6,9-11H,2,7-8H2,1H3. The van der Waals surface area contributed by atoms with E-state index in [0.29, 0.717) is 24.3 Å². The van der Waals surface area contributed by atoms with Crippen LogP contribution in [0, 0.1) is 0 Å². The summed E-state index contributed by atoms with van der Waals surface area (Å²) in [5.74, 6) is 0.670. The van der Waals surface area contributed by atoms with E-state index in [1.54, 1.807) is 30.9 Å². The lowest BCUT2D eigenvalue weighted by Gasteiger charge is -2.06. The molecule has 0 aliphatic rings. The molecule has 0 amide bonds. The van der Waals surface area contributed by atoms with E-state index < -0.39 is 0 Å². The summed E-state index contributed by atoms with van der Waals surface area (Å²) >= 11 is 0. The first-order chi connectivity index (χ1) is 9.29. The molecule has 0 aromatic carbocycles. The van der Waals surface area contributed by atoms with Gasteiger partial charge in [-0.15, -0.1) is 0 Å². The van der Waals surface area contributed by atoms with Gasteiger partial charge in [0.25, 0.3) is 0 Å². The maximum absolute atomic E-state index is 12.1. The Morgan fingerprint density at radius 3 is 2.74 bits per heavy atom. The molecule has 19 heavy (non-hydrogen) atoms. The molecular formula is C15H16N2O2. The molecule has 4 heteroatoms. The lowest BCUT2D eigenvalue weighted by atomic mass is 10.1. The molecule has 0 bridgehead atoms. The molecule has 0 aliphatic heterocycles. The highest BCUT2D eigenvalue weighted by Gasteiger charge is 2.08. The summed E-state index contributed by atoms with van der Waals surface area (Å²) in [5.41, 5.74) is 1.52. The maximum Gasteiger partial charge on any atom is 0.168 e. The Labute approximate surface area is 112 Å². The summed E-state index contributed by atoms with van der Waals surface area (Å²) in [6.07, 6.45) is 7.83. The van der Waals surface area contributed by atoms with Gasteiger partial charge in [0.05, 0.1) is 12.8 Å². The van der Waals surface area contributed by atoms with Gasteiger partial charge in [0.2, 0.25) is 0 Å². The molecule has 4 nitrogen and oxygen atoms in total. The third-order valence-corrected chi connectivity index (χ3v) is 2.62. The summed E-state index contributed by atoms with van der Waals surface area (Å²) in [7, 11) is 0. The Kier molecular flexibility index (Phi) is 4.61. The largest absolute Gasteiger partial charge is 0.492 e. The summed E-state index contributed by atoms with van der Waals surface area (Å²) in [6, 6.07) is 5.41. The quantitative estimate of drug-likeness (QED) is 0.746. The molecule has 0 atom stereocenters. The van der Waals surface area contributed by atoms with E-state index >= 15 is 0 Å². The van der Waals surface area contributed by atoms with E-state index in [9.17, 15) is 4.79 Å². The third-order valence-electron chi connectivity index (χ3n) is 2.62. The first-order valence-corrected chi connectivity index (χ1v) is 6.29. The van der Waals surface area contributed by atoms with Crippen LogP contribution in [0.25, 0.3) is 0 Å². The molecule has 0 aliphatic carbocycles. The van der Waals surface area contributed by atoms with E-state index in [-0.39, 0.29) is 5.78 Å². The maximum atomic E-state index is 12.1. The lowest BCUT2D eigenvalue weighted by Crippen LogP contribution is -2.05. The Morgan fingerprint density at radius 2 is 2.00 bits per heavy atom. The minimum absolute atomic E-state index is 0.0284. The molecule has 2 aromatic heterocycles. The Bertz CT molecular complexity index is 541. The van der Waals surface area contributed by atoms with Crippen molar-refractivity contribution in [1.82, 2.24) is 9.97 Å². The number of aromatic nitrogens is 2. The summed E-state index contributed by atoms with van der Waals surface area (Å²) in [6.45, 7) is 2.66. The Hall–Kier alpha value is -2.23. The van der Waals surface area contributed by atoms with Gasteiger partial charge in [-0.1, -0.05) is 6.92 Å². The van der Waals surface area contributed by atoms with Gasteiger partial charge in [0.1, 0.15) is 5.75 Å². The van der Waals surface area contributed by atoms with Crippen LogP contribution in [0.2, 0.25) is 0 Å². The summed E-state index contributed by atoms with van der Waals surface area (Å²) < 4.78 is 5.47. The molecular weight excluding hydrogens is 240 g/mol. The van der Waals surface area contributed by atoms with Crippen molar-refractivity contribution in [3.63, 3.8) is 0 Å². The number of ether oxygens (including phenoxy) is 1. The average molecular weight is 256 g/mol. The number of ketones is 1. The molecule has 0 saturated carbocycles. The van der Waals surface area contributed by atoms with Crippen LogP contribution >= 0.6 is 0 Å². The monoisotopic (exact) mass is 256 g/mol. The van der Waals surface area contributed by atoms with Crippen molar-refractivity contribution in [1.29, 1.82) is 0 Å². The fraction of sp³-hybridized carbons (Fsp3) is 0.267. The average Bonchev–Trinajstić information content (AvgIpc) is 2.46. The number of pyridine rings is 2. The smallest absolute Gasteiger partial charge is 0.168 e. The number of rotatable bonds is 6. The zero-order valence-electron chi connectivity index (χ0n) is 10.9. The van der Waals surface area contributed by atoms with Gasteiger partial charge >= 0.3 is 0 Å². The number of carbonyl (C=O) groups is 1. The second-order valence-corrected chi connectivity index (χ2v) is 4.21. The highest BCUT2D eigenvalue weighted by molar-refractivity contribution is 5.97. The molecule has 0 spiro atoms. The number of hydrogen-bond donors (Lipinski definition) is 0. The first-order valence-electron chi connectivity index (χ1n) is 6.29. The molecule has 2 heterocycles. The minimum atomic E-state index is 0.0284. The number of hydrogen-bond acceptors (Lipinski definition) is 4. The molecule has 0 N–H and O–H groups in total. The predicted molar refractivity (Wildman–Crippen MR) is 72.3 cm³/mol. The normalized spacial score (nSPS) is 10.2. The van der Waals surface area contributed by atoms with Gasteiger partial charge in [-0.05, 0) is 30.2 Å². The van der Waals surface area contributed by atoms with Crippen LogP contribution in [0.3, 0.4) is 0 Å². The Morgan fingerprint density at radius 1 is 1.21 bits per heavy atom. The van der Waals surface area contributed by atoms with E-state index in [2.05, 4.69) is 9.97 Å². The van der Waals surface area contributed by atoms with Gasteiger partial charge in [-0.2, -0.15) is 0 Å². The van der Waals surface area contributed by atoms with Crippen LogP contribution in [0.15, 0.2) is 43.0 Å². The molecule has 2 rings (SSSR count). The molecule has 0 saturated heterocycles. The molecule has 0 radical (unpaired) electrons. The molecule has 0 unspecified atom stereocenters. The van der Waals surface area contributed by atoms with Crippen molar-refractivity contribution in [3.8, 4) is 5.75 Å². The van der Waals surface area contributed by atoms with E-state index in [0.717, 1.165) is 12.0 Å². The van der Waals surface area contributed by atoms with Gasteiger partial charge in [-0.25, -0.2) is 0 Å². The van der Waals surface area contributed by atoms with Crippen molar-refractivity contribution in [2.45, 2.75) is 19.8 Å². The van der Waals surface area contributed by atoms with Crippen LogP contribution in [-0.2, 0) is 6.42 Å². The van der Waals surface area contributed by atoms with E-state index in [1.807, 2.05) is 19.1 Å². The van der Waals surface area contributed by atoms with Gasteiger partial charge in [-0.3, -0.25) is 14.8 Å². The molecule has 98 valence electrons. The second-order valence-electron chi connectivity index (χ2n) is 4.21. The van der Waals surface area contributed by atoms with Crippen LogP contribution < -0.4 is 4.74 Å². The zero-order chi connectivity index (χ0) is 13.5. The molecule has 0 fully saturated rings. The van der Waals surface area contributed by atoms with Crippen molar-refractivity contribution >= 4 is 5.78 Å². The fourth-order valence-corrected chi connectivity index (χ4v) is 1.66. The van der Waals surface area contributed by atoms with Crippen LogP contribution in [0.5, 0.6) is 5.75 Å². The summed E-state index contributed by atoms with van der Waals surface area (Å²) in [5, 5.41) is 0. The highest BCUT2D eigenvalue weighted by atomic mass is 16.5. The third kappa shape index (κ3) is 3.88. The fourth-order valence-electron chi connectivity index (χ4n) is 1.66. The number of carbonyl (C=O) groups excluding carboxylic acids is 1. The van der Waals surface area contributed by atoms with E-state index in [1.165, 1.54) is 0 Å². The van der Waals surface area contributed by atoms with Gasteiger partial charge in [0.15, 0.2) is 5.78 Å². The Balaban J connectivity index is 2.06. The van der Waals surface area contributed by atoms with Crippen molar-refractivity contribution in [3.05, 3.63) is 54.1 Å². The zero-order valence-corrected chi connectivity index (χ0v) is 10.9. The molecule has 2 aromatic rings. The predicted octanol–water partition coefficient (Wildman–Crippen LogP) is 2.69. The van der Waals surface area contributed by atoms with Crippen molar-refractivity contribution in [2.24, 2.45) is 0 Å². The number of Topliss-reactive ketones (excluding diaryl/α,β-unsaturated/α-hetero) is 1. The number of nitrogens with zero attached hydrogens (tertiary/aromatic N) is 2. The van der Waals surface area contributed by atoms with Gasteiger partial charge in [0, 0.05) is 30.6 Å². The second kappa shape index (κ2) is 6.64. The lowest BCUT2D eigenvalue weighted by molar-refractivity contribution is 0.0992. The highest BCUT2D eigenvalue weighted by Crippen LogP contribution is 2.13. The summed E-state index contributed by atoms with van der Waals surface area (Å²) in [4.78, 5) is 20.1. The first kappa shape index (κ1) is 13.2. The minimum Gasteiger partial charge on any atom is -0.492 e. The SMILES string of the molecule is CCCOc1cncc(C(=O)Cc2ccncc2)c1. The van der Waals surface area contributed by atoms with Crippen molar-refractivity contribution in [2.75, 3.05) is 6.61 Å². The van der Waals surface area contributed by atoms with Crippen LogP contribution in [0.1, 0.15) is 29.3 Å².